The standard InChI is InChI=1S/C27H29N5O3S/c28-36(34,35)22-11-7-10-20(16-22)26-23-17-21(12-13-25(23)30-31-26)29-27(33)24(19-8-3-1-4-9-19)18-32-14-5-2-6-15-32/h1,3-4,7-13,16-17,24H,2,5-6,14-15,18H2,(H,29,33)(H,30,31)(H2,28,34,35). The fourth-order valence-corrected chi connectivity index (χ4v) is 5.35. The Morgan fingerprint density at radius 3 is 2.53 bits per heavy atom. The van der Waals surface area contributed by atoms with Crippen molar-refractivity contribution >= 4 is 32.5 Å². The van der Waals surface area contributed by atoms with Gasteiger partial charge in [-0.05, 0) is 61.8 Å². The number of nitrogens with one attached hydrogen (secondary N) is 2. The number of rotatable bonds is 7. The monoisotopic (exact) mass is 503 g/mol. The Balaban J connectivity index is 1.43. The van der Waals surface area contributed by atoms with Crippen molar-refractivity contribution in [3.8, 4) is 11.3 Å². The average Bonchev–Trinajstić information content (AvgIpc) is 3.31. The number of carbonyl (C=O) groups excluding carboxylic acids is 1. The average molecular weight is 504 g/mol. The van der Waals surface area contributed by atoms with E-state index in [2.05, 4.69) is 20.4 Å². The van der Waals surface area contributed by atoms with Crippen molar-refractivity contribution in [2.75, 3.05) is 25.0 Å². The smallest absolute Gasteiger partial charge is 0.238 e. The molecule has 0 bridgehead atoms. The number of carbonyl (C=O) groups is 1. The first-order valence-corrected chi connectivity index (χ1v) is 13.6. The molecule has 36 heavy (non-hydrogen) atoms. The van der Waals surface area contributed by atoms with E-state index in [1.165, 1.54) is 18.6 Å². The molecule has 1 aliphatic rings. The Bertz CT molecular complexity index is 1480. The zero-order chi connectivity index (χ0) is 25.1. The van der Waals surface area contributed by atoms with Gasteiger partial charge in [0.25, 0.3) is 0 Å². The lowest BCUT2D eigenvalue weighted by Gasteiger charge is -2.30. The highest BCUT2D eigenvalue weighted by Gasteiger charge is 2.25. The number of benzene rings is 3. The van der Waals surface area contributed by atoms with E-state index >= 15 is 0 Å². The summed E-state index contributed by atoms with van der Waals surface area (Å²) in [5, 5.41) is 16.5. The SMILES string of the molecule is NS(=O)(=O)c1cccc(-c2n[nH]c3ccc(NC(=O)C(CN4CCCCC4)c4ccccc4)cc23)c1. The Hall–Kier alpha value is -3.53. The van der Waals surface area contributed by atoms with Crippen molar-refractivity contribution in [2.45, 2.75) is 30.1 Å². The van der Waals surface area contributed by atoms with Crippen LogP contribution >= 0.6 is 0 Å². The number of likely N-dealkylation sites (tertiary alicyclic amines) is 1. The lowest BCUT2D eigenvalue weighted by molar-refractivity contribution is -0.118. The molecular weight excluding hydrogens is 474 g/mol. The summed E-state index contributed by atoms with van der Waals surface area (Å²) in [5.74, 6) is -0.359. The van der Waals surface area contributed by atoms with Gasteiger partial charge < -0.3 is 10.2 Å². The number of aromatic nitrogens is 2. The van der Waals surface area contributed by atoms with Gasteiger partial charge in [0.1, 0.15) is 5.69 Å². The quantitative estimate of drug-likeness (QED) is 0.351. The molecule has 1 amide bonds. The Labute approximate surface area is 210 Å². The van der Waals surface area contributed by atoms with Crippen LogP contribution in [-0.2, 0) is 14.8 Å². The van der Waals surface area contributed by atoms with Gasteiger partial charge in [-0.15, -0.1) is 0 Å². The number of nitrogens with two attached hydrogens (primary N) is 1. The van der Waals surface area contributed by atoms with Crippen LogP contribution in [0.1, 0.15) is 30.7 Å². The molecule has 0 spiro atoms. The number of anilines is 1. The van der Waals surface area contributed by atoms with Crippen LogP contribution in [0.25, 0.3) is 22.2 Å². The number of amides is 1. The van der Waals surface area contributed by atoms with Gasteiger partial charge in [0.05, 0.1) is 16.3 Å². The van der Waals surface area contributed by atoms with Gasteiger partial charge in [-0.25, -0.2) is 13.6 Å². The third-order valence-corrected chi connectivity index (χ3v) is 7.59. The van der Waals surface area contributed by atoms with E-state index in [4.69, 9.17) is 5.14 Å². The number of primary sulfonamides is 1. The minimum atomic E-state index is -3.84. The second-order valence-corrected chi connectivity index (χ2v) is 10.8. The fourth-order valence-electron chi connectivity index (χ4n) is 4.79. The molecular formula is C27H29N5O3S. The van der Waals surface area contributed by atoms with Gasteiger partial charge >= 0.3 is 0 Å². The van der Waals surface area contributed by atoms with Crippen LogP contribution in [0, 0.1) is 0 Å². The highest BCUT2D eigenvalue weighted by atomic mass is 32.2. The van der Waals surface area contributed by atoms with Crippen molar-refractivity contribution < 1.29 is 13.2 Å². The predicted octanol–water partition coefficient (Wildman–Crippen LogP) is 4.09. The van der Waals surface area contributed by atoms with Crippen LogP contribution in [0.2, 0.25) is 0 Å². The van der Waals surface area contributed by atoms with Crippen LogP contribution in [0.3, 0.4) is 0 Å². The molecule has 1 aliphatic heterocycles. The summed E-state index contributed by atoms with van der Waals surface area (Å²) in [5.41, 5.74) is 3.61. The van der Waals surface area contributed by atoms with Crippen LogP contribution in [0.5, 0.6) is 0 Å². The molecule has 1 aromatic heterocycles. The number of hydrogen-bond donors (Lipinski definition) is 3. The van der Waals surface area contributed by atoms with Gasteiger partial charge in [0.2, 0.25) is 15.9 Å². The van der Waals surface area contributed by atoms with Crippen LogP contribution in [-0.4, -0.2) is 49.1 Å². The van der Waals surface area contributed by atoms with Gasteiger partial charge in [-0.1, -0.05) is 48.9 Å². The molecule has 1 atom stereocenters. The number of aromatic amines is 1. The van der Waals surface area contributed by atoms with Gasteiger partial charge in [-0.3, -0.25) is 9.89 Å². The highest BCUT2D eigenvalue weighted by molar-refractivity contribution is 7.89. The Morgan fingerprint density at radius 1 is 1.00 bits per heavy atom. The number of hydrogen-bond acceptors (Lipinski definition) is 5. The van der Waals surface area contributed by atoms with E-state index in [1.54, 1.807) is 12.1 Å². The minimum Gasteiger partial charge on any atom is -0.325 e. The molecule has 1 saturated heterocycles. The summed E-state index contributed by atoms with van der Waals surface area (Å²) in [6, 6.07) is 21.8. The topological polar surface area (TPSA) is 121 Å². The van der Waals surface area contributed by atoms with Crippen molar-refractivity contribution in [2.24, 2.45) is 5.14 Å². The molecule has 0 aliphatic carbocycles. The summed E-state index contributed by atoms with van der Waals surface area (Å²) < 4.78 is 23.6. The van der Waals surface area contributed by atoms with E-state index < -0.39 is 10.0 Å². The molecule has 1 fully saturated rings. The summed E-state index contributed by atoms with van der Waals surface area (Å²) in [7, 11) is -3.84. The number of piperidine rings is 1. The van der Waals surface area contributed by atoms with Crippen molar-refractivity contribution in [3.63, 3.8) is 0 Å². The lowest BCUT2D eigenvalue weighted by atomic mass is 9.96. The molecule has 2 heterocycles. The molecule has 5 rings (SSSR count). The summed E-state index contributed by atoms with van der Waals surface area (Å²) in [4.78, 5) is 15.9. The van der Waals surface area contributed by atoms with Crippen LogP contribution < -0.4 is 10.5 Å². The molecule has 0 radical (unpaired) electrons. The van der Waals surface area contributed by atoms with Gasteiger partial charge in [-0.2, -0.15) is 5.10 Å². The predicted molar refractivity (Wildman–Crippen MR) is 141 cm³/mol. The maximum absolute atomic E-state index is 13.5. The number of sulfonamides is 1. The number of nitrogens with zero attached hydrogens (tertiary/aromatic N) is 2. The molecule has 4 aromatic rings. The third-order valence-electron chi connectivity index (χ3n) is 6.67. The Morgan fingerprint density at radius 2 is 1.78 bits per heavy atom. The van der Waals surface area contributed by atoms with E-state index in [9.17, 15) is 13.2 Å². The molecule has 1 unspecified atom stereocenters. The molecule has 8 nitrogen and oxygen atoms in total. The van der Waals surface area contributed by atoms with Crippen molar-refractivity contribution in [1.29, 1.82) is 0 Å². The molecule has 186 valence electrons. The first-order chi connectivity index (χ1) is 17.4. The normalized spacial score (nSPS) is 15.6. The molecule has 0 saturated carbocycles. The minimum absolute atomic E-state index is 0.0176. The first-order valence-electron chi connectivity index (χ1n) is 12.1. The number of fused-ring (bicyclic) bond motifs is 1. The van der Waals surface area contributed by atoms with Gasteiger partial charge in [0.15, 0.2) is 0 Å². The maximum Gasteiger partial charge on any atom is 0.238 e. The van der Waals surface area contributed by atoms with Crippen LogP contribution in [0.15, 0.2) is 77.7 Å². The van der Waals surface area contributed by atoms with Gasteiger partial charge in [0, 0.05) is 23.2 Å². The highest BCUT2D eigenvalue weighted by Crippen LogP contribution is 2.30. The van der Waals surface area contributed by atoms with E-state index in [0.29, 0.717) is 23.5 Å². The van der Waals surface area contributed by atoms with Crippen molar-refractivity contribution in [1.82, 2.24) is 15.1 Å². The zero-order valence-corrected chi connectivity index (χ0v) is 20.7. The van der Waals surface area contributed by atoms with Crippen molar-refractivity contribution in [3.05, 3.63) is 78.4 Å². The summed E-state index contributed by atoms with van der Waals surface area (Å²) in [6.07, 6.45) is 3.57. The lowest BCUT2D eigenvalue weighted by Crippen LogP contribution is -2.37. The fraction of sp³-hybridized carbons (Fsp3) is 0.259. The summed E-state index contributed by atoms with van der Waals surface area (Å²) in [6.45, 7) is 2.70. The maximum atomic E-state index is 13.5. The first kappa shape index (κ1) is 24.2. The largest absolute Gasteiger partial charge is 0.325 e. The van der Waals surface area contributed by atoms with E-state index in [-0.39, 0.29) is 16.7 Å². The van der Waals surface area contributed by atoms with Crippen LogP contribution in [0.4, 0.5) is 5.69 Å². The van der Waals surface area contributed by atoms with E-state index in [0.717, 1.165) is 42.4 Å². The second kappa shape index (κ2) is 10.2. The molecule has 4 N–H and O–H groups in total. The molecule has 3 aromatic carbocycles. The third kappa shape index (κ3) is 5.33. The zero-order valence-electron chi connectivity index (χ0n) is 19.9. The Kier molecular flexibility index (Phi) is 6.86. The second-order valence-electron chi connectivity index (χ2n) is 9.22. The number of H-pyrrole nitrogens is 1. The molecule has 9 heteroatoms. The van der Waals surface area contributed by atoms with E-state index in [1.807, 2.05) is 48.5 Å². The summed E-state index contributed by atoms with van der Waals surface area (Å²) >= 11 is 0.